The van der Waals surface area contributed by atoms with Crippen LogP contribution in [0, 0.1) is 0 Å². The van der Waals surface area contributed by atoms with Crippen molar-refractivity contribution in [3.63, 3.8) is 0 Å². The van der Waals surface area contributed by atoms with Gasteiger partial charge in [0, 0.05) is 13.0 Å². The monoisotopic (exact) mass is 348 g/mol. The van der Waals surface area contributed by atoms with Gasteiger partial charge in [0.25, 0.3) is 0 Å². The van der Waals surface area contributed by atoms with Crippen LogP contribution in [0.3, 0.4) is 0 Å². The van der Waals surface area contributed by atoms with Crippen LogP contribution >= 0.6 is 0 Å². The molecule has 0 unspecified atom stereocenters. The van der Waals surface area contributed by atoms with Crippen LogP contribution < -0.4 is 5.32 Å². The van der Waals surface area contributed by atoms with E-state index in [9.17, 15) is 18.0 Å². The third-order valence-corrected chi connectivity index (χ3v) is 3.74. The lowest BCUT2D eigenvalue weighted by atomic mass is 10.3. The predicted octanol–water partition coefficient (Wildman–Crippen LogP) is 1.22. The topological polar surface area (TPSA) is 86.3 Å². The minimum absolute atomic E-state index is 0.0767. The Morgan fingerprint density at radius 1 is 1.32 bits per heavy atom. The molecule has 132 valence electrons. The van der Waals surface area contributed by atoms with Crippen LogP contribution in [0.2, 0.25) is 0 Å². The summed E-state index contributed by atoms with van der Waals surface area (Å²) >= 11 is 0. The van der Waals surface area contributed by atoms with E-state index in [1.54, 1.807) is 0 Å². The Kier molecular flexibility index (Phi) is 10.3. The van der Waals surface area contributed by atoms with Gasteiger partial charge in [-0.3, -0.25) is 4.79 Å². The van der Waals surface area contributed by atoms with E-state index in [1.165, 1.54) is 6.08 Å². The Balaban J connectivity index is 0. The zero-order chi connectivity index (χ0) is 18.0. The molecule has 6 nitrogen and oxygen atoms in total. The van der Waals surface area contributed by atoms with Gasteiger partial charge in [0.15, 0.2) is 10.1 Å². The third kappa shape index (κ3) is 10.6. The molecular formula is C12H23F3N2O4S. The van der Waals surface area contributed by atoms with Crippen molar-refractivity contribution in [3.05, 3.63) is 12.7 Å². The second-order valence-corrected chi connectivity index (χ2v) is 6.10. The fourth-order valence-corrected chi connectivity index (χ4v) is 1.28. The largest absolute Gasteiger partial charge is 0.741 e. The molecule has 0 atom stereocenters. The number of nitrogens with zero attached hydrogens (tertiary/aromatic N) is 1. The highest BCUT2D eigenvalue weighted by molar-refractivity contribution is 7.86. The van der Waals surface area contributed by atoms with Gasteiger partial charge in [0.2, 0.25) is 5.91 Å². The van der Waals surface area contributed by atoms with Gasteiger partial charge in [0.05, 0.1) is 26.7 Å². The summed E-state index contributed by atoms with van der Waals surface area (Å²) in [4.78, 5) is 10.8. The van der Waals surface area contributed by atoms with E-state index in [-0.39, 0.29) is 5.91 Å². The first-order valence-electron chi connectivity index (χ1n) is 6.59. The molecule has 1 amide bonds. The Morgan fingerprint density at radius 3 is 2.00 bits per heavy atom. The zero-order valence-electron chi connectivity index (χ0n) is 12.9. The lowest BCUT2D eigenvalue weighted by Gasteiger charge is -2.32. The van der Waals surface area contributed by atoms with Gasteiger partial charge < -0.3 is 14.4 Å². The quantitative estimate of drug-likeness (QED) is 0.246. The molecule has 0 aromatic heterocycles. The summed E-state index contributed by atoms with van der Waals surface area (Å²) in [5, 5.41) is 2.79. The van der Waals surface area contributed by atoms with E-state index in [0.29, 0.717) is 0 Å². The fourth-order valence-electron chi connectivity index (χ4n) is 1.28. The molecule has 0 rings (SSSR count). The molecule has 0 heterocycles. The Hall–Kier alpha value is -1.13. The lowest BCUT2D eigenvalue weighted by Crippen LogP contribution is -2.45. The first kappa shape index (κ1) is 23.1. The van der Waals surface area contributed by atoms with Crippen molar-refractivity contribution in [2.45, 2.75) is 25.8 Å². The molecule has 1 N–H and O–H groups in total. The van der Waals surface area contributed by atoms with Gasteiger partial charge in [-0.15, -0.1) is 0 Å². The molecule has 0 radical (unpaired) electrons. The molecule has 0 aliphatic carbocycles. The van der Waals surface area contributed by atoms with E-state index in [2.05, 4.69) is 32.8 Å². The maximum absolute atomic E-state index is 10.8. The molecule has 0 aromatic carbocycles. The van der Waals surface area contributed by atoms with Crippen LogP contribution in [0.25, 0.3) is 0 Å². The molecule has 22 heavy (non-hydrogen) atoms. The molecule has 10 heteroatoms. The number of nitrogens with one attached hydrogen (secondary N) is 1. The first-order valence-corrected chi connectivity index (χ1v) is 7.99. The van der Waals surface area contributed by atoms with Crippen LogP contribution in [0.4, 0.5) is 13.2 Å². The summed E-state index contributed by atoms with van der Waals surface area (Å²) in [6.07, 6.45) is 2.34. The minimum Gasteiger partial charge on any atom is -0.741 e. The third-order valence-electron chi connectivity index (χ3n) is 3.17. The average Bonchev–Trinajstić information content (AvgIpc) is 2.41. The number of hydrogen-bond acceptors (Lipinski definition) is 4. The number of hydrogen-bond donors (Lipinski definition) is 1. The number of carbonyl (C=O) groups excluding carboxylic acids is 1. The minimum atomic E-state index is -6.09. The van der Waals surface area contributed by atoms with Crippen molar-refractivity contribution in [2.24, 2.45) is 0 Å². The molecular weight excluding hydrogens is 325 g/mol. The van der Waals surface area contributed by atoms with Crippen molar-refractivity contribution < 1.29 is 35.4 Å². The van der Waals surface area contributed by atoms with E-state index in [1.807, 2.05) is 0 Å². The van der Waals surface area contributed by atoms with Crippen LogP contribution in [-0.4, -0.2) is 62.1 Å². The Bertz CT molecular complexity index is 446. The standard InChI is InChI=1S/C11H22N2O.CHF3O3S/c1-5-11(14)12-9-8-10-13(4,6-2)7-3;2-1(3,4)8(5,6)7/h5H,1,6-10H2,2-4H3;(H,5,6,7). The summed E-state index contributed by atoms with van der Waals surface area (Å²) in [6.45, 7) is 12.0. The van der Waals surface area contributed by atoms with Gasteiger partial charge in [-0.2, -0.15) is 13.2 Å². The fraction of sp³-hybridized carbons (Fsp3) is 0.750. The first-order chi connectivity index (χ1) is 9.83. The van der Waals surface area contributed by atoms with Crippen molar-refractivity contribution in [1.82, 2.24) is 5.32 Å². The number of quaternary nitrogens is 1. The van der Waals surface area contributed by atoms with Gasteiger partial charge in [-0.05, 0) is 19.9 Å². The van der Waals surface area contributed by atoms with Crippen molar-refractivity contribution >= 4 is 16.0 Å². The van der Waals surface area contributed by atoms with E-state index in [4.69, 9.17) is 13.0 Å². The van der Waals surface area contributed by atoms with Crippen molar-refractivity contribution in [1.29, 1.82) is 0 Å². The zero-order valence-corrected chi connectivity index (χ0v) is 13.8. The second-order valence-electron chi connectivity index (χ2n) is 4.72. The van der Waals surface area contributed by atoms with Gasteiger partial charge in [0.1, 0.15) is 0 Å². The lowest BCUT2D eigenvalue weighted by molar-refractivity contribution is -0.906. The van der Waals surface area contributed by atoms with Gasteiger partial charge in [-0.1, -0.05) is 6.58 Å². The van der Waals surface area contributed by atoms with Crippen LogP contribution in [0.15, 0.2) is 12.7 Å². The molecule has 0 aromatic rings. The number of carbonyl (C=O) groups is 1. The van der Waals surface area contributed by atoms with E-state index < -0.39 is 15.6 Å². The summed E-state index contributed by atoms with van der Waals surface area (Å²) in [5.41, 5.74) is -5.65. The Labute approximate surface area is 129 Å². The molecule has 0 saturated carbocycles. The highest BCUT2D eigenvalue weighted by atomic mass is 32.2. The SMILES string of the molecule is C=CC(=O)NCCC[N+](C)(CC)CC.O=S(=O)([O-])C(F)(F)F. The maximum atomic E-state index is 10.8. The van der Waals surface area contributed by atoms with Crippen molar-refractivity contribution in [2.75, 3.05) is 33.2 Å². The maximum Gasteiger partial charge on any atom is 0.485 e. The molecule has 0 spiro atoms. The number of halogens is 3. The van der Waals surface area contributed by atoms with Crippen LogP contribution in [-0.2, 0) is 14.9 Å². The highest BCUT2D eigenvalue weighted by Gasteiger charge is 2.36. The highest BCUT2D eigenvalue weighted by Crippen LogP contribution is 2.20. The summed E-state index contributed by atoms with van der Waals surface area (Å²) in [5.74, 6) is -0.0767. The normalized spacial score (nSPS) is 12.1. The second kappa shape index (κ2) is 9.80. The average molecular weight is 348 g/mol. The number of rotatable bonds is 7. The predicted molar refractivity (Wildman–Crippen MR) is 75.7 cm³/mol. The van der Waals surface area contributed by atoms with Crippen molar-refractivity contribution in [3.8, 4) is 0 Å². The van der Waals surface area contributed by atoms with Crippen LogP contribution in [0.1, 0.15) is 20.3 Å². The number of alkyl halides is 3. The summed E-state index contributed by atoms with van der Waals surface area (Å²) < 4.78 is 60.0. The molecule has 0 aliphatic rings. The van der Waals surface area contributed by atoms with Gasteiger partial charge >= 0.3 is 5.51 Å². The molecule has 0 saturated heterocycles. The van der Waals surface area contributed by atoms with Gasteiger partial charge in [-0.25, -0.2) is 8.42 Å². The molecule has 0 fully saturated rings. The molecule has 0 bridgehead atoms. The Morgan fingerprint density at radius 2 is 1.73 bits per heavy atom. The van der Waals surface area contributed by atoms with E-state index >= 15 is 0 Å². The van der Waals surface area contributed by atoms with E-state index in [0.717, 1.165) is 37.1 Å². The summed E-state index contributed by atoms with van der Waals surface area (Å²) in [7, 11) is -3.84. The number of amides is 1. The summed E-state index contributed by atoms with van der Waals surface area (Å²) in [6, 6.07) is 0. The van der Waals surface area contributed by atoms with Crippen LogP contribution in [0.5, 0.6) is 0 Å². The molecule has 0 aliphatic heterocycles. The smallest absolute Gasteiger partial charge is 0.485 e.